The molecule has 9 heteroatoms. The molecule has 1 fully saturated rings. The largest absolute Gasteiger partial charge is 0.475 e. The highest BCUT2D eigenvalue weighted by molar-refractivity contribution is 5.83. The van der Waals surface area contributed by atoms with E-state index >= 15 is 0 Å². The van der Waals surface area contributed by atoms with Gasteiger partial charge in [0.1, 0.15) is 5.82 Å². The summed E-state index contributed by atoms with van der Waals surface area (Å²) in [5, 5.41) is 12.8. The summed E-state index contributed by atoms with van der Waals surface area (Å²) in [5.74, 6) is -5.21. The topological polar surface area (TPSA) is 71.2 Å². The molecule has 0 unspecified atom stereocenters. The number of carboxylic acids is 1. The van der Waals surface area contributed by atoms with Crippen LogP contribution in [0.2, 0.25) is 0 Å². The van der Waals surface area contributed by atoms with Crippen LogP contribution in [0.3, 0.4) is 0 Å². The number of benzene rings is 1. The van der Waals surface area contributed by atoms with Crippen LogP contribution in [0.1, 0.15) is 17.0 Å². The van der Waals surface area contributed by atoms with E-state index in [1.807, 2.05) is 0 Å². The highest BCUT2D eigenvalue weighted by Gasteiger charge is 2.40. The van der Waals surface area contributed by atoms with Crippen molar-refractivity contribution in [1.29, 1.82) is 0 Å². The zero-order valence-electron chi connectivity index (χ0n) is 11.2. The lowest BCUT2D eigenvalue weighted by Crippen LogP contribution is -2.27. The molecule has 1 N–H and O–H groups in total. The van der Waals surface area contributed by atoms with Gasteiger partial charge in [-0.25, -0.2) is 18.0 Å². The van der Waals surface area contributed by atoms with Crippen LogP contribution >= 0.6 is 0 Å². The number of hydrogen-bond acceptors (Lipinski definition) is 4. The summed E-state index contributed by atoms with van der Waals surface area (Å²) in [7, 11) is 0. The van der Waals surface area contributed by atoms with Crippen LogP contribution in [-0.2, 0) is 0 Å². The molecule has 0 radical (unpaired) electrons. The number of anilines is 1. The number of carbonyl (C=O) groups is 1. The first-order chi connectivity index (χ1) is 10.4. The van der Waals surface area contributed by atoms with Crippen molar-refractivity contribution >= 4 is 11.9 Å². The summed E-state index contributed by atoms with van der Waals surface area (Å²) in [6.07, 6.45) is -0.342. The molecule has 1 aromatic carbocycles. The zero-order chi connectivity index (χ0) is 15.9. The van der Waals surface area contributed by atoms with Gasteiger partial charge in [0.25, 0.3) is 11.7 Å². The van der Waals surface area contributed by atoms with Crippen molar-refractivity contribution in [3.05, 3.63) is 35.9 Å². The zero-order valence-corrected chi connectivity index (χ0v) is 11.2. The Morgan fingerprint density at radius 1 is 1.27 bits per heavy atom. The minimum absolute atomic E-state index is 0.00110. The number of carboxylic acid groups (broad SMARTS) is 1. The minimum Gasteiger partial charge on any atom is -0.475 e. The smallest absolute Gasteiger partial charge is 0.375 e. The minimum atomic E-state index is -2.86. The Kier molecular flexibility index (Phi) is 3.27. The predicted octanol–water partition coefficient (Wildman–Crippen LogP) is 1.95. The van der Waals surface area contributed by atoms with Crippen molar-refractivity contribution in [2.75, 3.05) is 18.0 Å². The summed E-state index contributed by atoms with van der Waals surface area (Å²) in [6.45, 7) is -0.530. The molecule has 0 spiro atoms. The van der Waals surface area contributed by atoms with E-state index in [4.69, 9.17) is 5.11 Å². The maximum absolute atomic E-state index is 13.4. The Labute approximate surface area is 122 Å². The third-order valence-corrected chi connectivity index (χ3v) is 3.31. The van der Waals surface area contributed by atoms with Crippen LogP contribution in [0.5, 0.6) is 0 Å². The molecule has 116 valence electrons. The Morgan fingerprint density at radius 3 is 2.50 bits per heavy atom. The van der Waals surface area contributed by atoms with Crippen molar-refractivity contribution in [3.8, 4) is 5.69 Å². The molecule has 1 aromatic heterocycles. The van der Waals surface area contributed by atoms with Gasteiger partial charge in [-0.2, -0.15) is 9.67 Å². The monoisotopic (exact) mass is 312 g/mol. The highest BCUT2D eigenvalue weighted by Crippen LogP contribution is 2.31. The lowest BCUT2D eigenvalue weighted by atomic mass is 10.3. The van der Waals surface area contributed by atoms with Crippen LogP contribution in [0.4, 0.5) is 19.1 Å². The molecule has 0 amide bonds. The van der Waals surface area contributed by atoms with Gasteiger partial charge in [0, 0.05) is 13.0 Å². The van der Waals surface area contributed by atoms with E-state index in [1.54, 1.807) is 0 Å². The molecule has 0 atom stereocenters. The summed E-state index contributed by atoms with van der Waals surface area (Å²) in [6, 6.07) is 5.07. The van der Waals surface area contributed by atoms with Crippen LogP contribution in [0.15, 0.2) is 24.3 Å². The van der Waals surface area contributed by atoms with Gasteiger partial charge >= 0.3 is 5.97 Å². The summed E-state index contributed by atoms with van der Waals surface area (Å²) in [5.41, 5.74) is 0.339. The van der Waals surface area contributed by atoms with E-state index in [0.29, 0.717) is 5.69 Å². The fourth-order valence-corrected chi connectivity index (χ4v) is 2.26. The molecule has 6 nitrogen and oxygen atoms in total. The second kappa shape index (κ2) is 5.00. The third-order valence-electron chi connectivity index (χ3n) is 3.31. The first-order valence-electron chi connectivity index (χ1n) is 6.45. The van der Waals surface area contributed by atoms with Gasteiger partial charge in [-0.05, 0) is 24.3 Å². The lowest BCUT2D eigenvalue weighted by molar-refractivity contribution is 0.0256. The van der Waals surface area contributed by atoms with Crippen molar-refractivity contribution in [1.82, 2.24) is 14.8 Å². The SMILES string of the molecule is O=C(O)c1nc(N2CCC(F)(F)C2)n(-c2ccc(F)cc2)n1. The van der Waals surface area contributed by atoms with Crippen molar-refractivity contribution in [2.45, 2.75) is 12.3 Å². The second-order valence-corrected chi connectivity index (χ2v) is 4.96. The van der Waals surface area contributed by atoms with E-state index in [9.17, 15) is 18.0 Å². The van der Waals surface area contributed by atoms with Gasteiger partial charge in [-0.15, -0.1) is 5.10 Å². The van der Waals surface area contributed by atoms with E-state index in [1.165, 1.54) is 29.2 Å². The van der Waals surface area contributed by atoms with E-state index in [0.717, 1.165) is 4.68 Å². The Balaban J connectivity index is 2.05. The van der Waals surface area contributed by atoms with Crippen molar-refractivity contribution in [3.63, 3.8) is 0 Å². The molecule has 0 aliphatic carbocycles. The third kappa shape index (κ3) is 2.61. The van der Waals surface area contributed by atoms with Gasteiger partial charge in [-0.3, -0.25) is 0 Å². The Bertz CT molecular complexity index is 715. The summed E-state index contributed by atoms with van der Waals surface area (Å²) < 4.78 is 40.9. The average Bonchev–Trinajstić information content (AvgIpc) is 3.03. The first-order valence-corrected chi connectivity index (χ1v) is 6.45. The molecular weight excluding hydrogens is 301 g/mol. The van der Waals surface area contributed by atoms with Crippen molar-refractivity contribution in [2.24, 2.45) is 0 Å². The van der Waals surface area contributed by atoms with Gasteiger partial charge in [0.2, 0.25) is 5.95 Å². The Hall–Kier alpha value is -2.58. The van der Waals surface area contributed by atoms with E-state index in [2.05, 4.69) is 10.1 Å². The first kappa shape index (κ1) is 14.4. The van der Waals surface area contributed by atoms with E-state index < -0.39 is 30.1 Å². The molecule has 0 saturated carbocycles. The fraction of sp³-hybridized carbons (Fsp3) is 0.308. The molecule has 1 aliphatic heterocycles. The quantitative estimate of drug-likeness (QED) is 0.938. The molecule has 2 aromatic rings. The number of alkyl halides is 2. The molecule has 0 bridgehead atoms. The van der Waals surface area contributed by atoms with Crippen LogP contribution in [-0.4, -0.2) is 44.9 Å². The summed E-state index contributed by atoms with van der Waals surface area (Å²) >= 11 is 0. The number of aromatic nitrogens is 3. The van der Waals surface area contributed by atoms with Gasteiger partial charge in [-0.1, -0.05) is 0 Å². The molecule has 1 aliphatic rings. The standard InChI is InChI=1S/C13H11F3N4O2/c14-8-1-3-9(4-2-8)20-12(17-10(18-20)11(21)22)19-6-5-13(15,16)7-19/h1-4H,5-7H2,(H,21,22). The number of nitrogens with zero attached hydrogens (tertiary/aromatic N) is 4. The number of halogens is 3. The molecule has 3 rings (SSSR count). The van der Waals surface area contributed by atoms with Crippen LogP contribution < -0.4 is 4.90 Å². The molecule has 1 saturated heterocycles. The van der Waals surface area contributed by atoms with Crippen LogP contribution in [0.25, 0.3) is 5.69 Å². The highest BCUT2D eigenvalue weighted by atomic mass is 19.3. The second-order valence-electron chi connectivity index (χ2n) is 4.96. The maximum Gasteiger partial charge on any atom is 0.375 e. The Morgan fingerprint density at radius 2 is 1.95 bits per heavy atom. The lowest BCUT2D eigenvalue weighted by Gasteiger charge is -2.17. The van der Waals surface area contributed by atoms with Gasteiger partial charge < -0.3 is 10.0 Å². The van der Waals surface area contributed by atoms with Crippen LogP contribution in [0, 0.1) is 5.82 Å². The molecule has 2 heterocycles. The molecule has 22 heavy (non-hydrogen) atoms. The van der Waals surface area contributed by atoms with Crippen molar-refractivity contribution < 1.29 is 23.1 Å². The average molecular weight is 312 g/mol. The summed E-state index contributed by atoms with van der Waals surface area (Å²) in [4.78, 5) is 16.1. The van der Waals surface area contributed by atoms with Gasteiger partial charge in [0.05, 0.1) is 12.2 Å². The number of hydrogen-bond donors (Lipinski definition) is 1. The normalized spacial score (nSPS) is 17.0. The van der Waals surface area contributed by atoms with Gasteiger partial charge in [0.15, 0.2) is 0 Å². The number of aromatic carboxylic acids is 1. The number of rotatable bonds is 3. The fourth-order valence-electron chi connectivity index (χ4n) is 2.26. The maximum atomic E-state index is 13.4. The predicted molar refractivity (Wildman–Crippen MR) is 70.1 cm³/mol. The van der Waals surface area contributed by atoms with E-state index in [-0.39, 0.29) is 18.9 Å². The molecular formula is C13H11F3N4O2.